The van der Waals surface area contributed by atoms with E-state index < -0.39 is 0 Å². The summed E-state index contributed by atoms with van der Waals surface area (Å²) in [6.45, 7) is 17.1. The highest BCUT2D eigenvalue weighted by atomic mass is 79.9. The predicted octanol–water partition coefficient (Wildman–Crippen LogP) is 7.07. The molecule has 0 aromatic heterocycles. The maximum absolute atomic E-state index is 2.94. The van der Waals surface area contributed by atoms with Crippen LogP contribution in [-0.4, -0.2) is 5.83 Å². The van der Waals surface area contributed by atoms with Crippen molar-refractivity contribution in [2.24, 2.45) is 0 Å². The first-order valence-corrected chi connectivity index (χ1v) is 8.12. The second-order valence-corrected chi connectivity index (χ2v) is 3.12. The van der Waals surface area contributed by atoms with E-state index in [2.05, 4.69) is 71.3 Å². The van der Waals surface area contributed by atoms with Crippen LogP contribution in [0.2, 0.25) is 0 Å². The summed E-state index contributed by atoms with van der Waals surface area (Å²) < 4.78 is 0. The Morgan fingerprint density at radius 2 is 0.533 bits per heavy atom. The Morgan fingerprint density at radius 3 is 0.533 bits per heavy atom. The lowest BCUT2D eigenvalue weighted by atomic mass is 10.4. The molecule has 0 rings (SSSR count). The van der Waals surface area contributed by atoms with Gasteiger partial charge in [0, 0.05) is 0 Å². The van der Waals surface area contributed by atoms with Crippen molar-refractivity contribution in [1.82, 2.24) is 0 Å². The highest BCUT2D eigenvalue weighted by molar-refractivity contribution is 9.08. The van der Waals surface area contributed by atoms with Gasteiger partial charge in [-0.1, -0.05) is 103 Å². The minimum absolute atomic E-state index is 1.25. The molecule has 0 aliphatic heterocycles. The minimum Gasteiger partial charge on any atom is -0.0966 e. The van der Waals surface area contributed by atoms with Crippen molar-refractivity contribution in [2.75, 3.05) is 5.83 Å². The van der Waals surface area contributed by atoms with Crippen molar-refractivity contribution in [2.45, 2.75) is 87.5 Å². The second-order valence-electron chi connectivity index (χ2n) is 3.12. The van der Waals surface area contributed by atoms with E-state index >= 15 is 0 Å². The highest BCUT2D eigenvalue weighted by Crippen LogP contribution is 1.76. The average molecular weight is 285 g/mol. The topological polar surface area (TPSA) is 0 Å². The lowest BCUT2D eigenvalue weighted by Gasteiger charge is -1.68. The van der Waals surface area contributed by atoms with Gasteiger partial charge in [-0.15, -0.1) is 0 Å². The van der Waals surface area contributed by atoms with Gasteiger partial charge in [-0.3, -0.25) is 0 Å². The normalized spacial score (nSPS) is 6.00. The average Bonchev–Trinajstić information content (AvgIpc) is 2.24. The first kappa shape index (κ1) is 29.6. The number of halogens is 1. The summed E-state index contributed by atoms with van der Waals surface area (Å²) in [6.07, 6.45) is 6.39. The van der Waals surface area contributed by atoms with Crippen LogP contribution in [0, 0.1) is 0 Å². The number of rotatable bonds is 1. The molecule has 0 heterocycles. The molecule has 0 unspecified atom stereocenters. The zero-order chi connectivity index (χ0) is 13.5. The van der Waals surface area contributed by atoms with Gasteiger partial charge < -0.3 is 0 Å². The van der Waals surface area contributed by atoms with E-state index in [-0.39, 0.29) is 0 Å². The fourth-order valence-electron chi connectivity index (χ4n) is 0. The van der Waals surface area contributed by atoms with E-state index in [1.165, 1.54) is 32.1 Å². The van der Waals surface area contributed by atoms with Gasteiger partial charge in [-0.25, -0.2) is 0 Å². The number of hydrogen-bond acceptors (Lipinski definition) is 0. The van der Waals surface area contributed by atoms with E-state index in [1.807, 2.05) is 5.83 Å². The summed E-state index contributed by atoms with van der Waals surface area (Å²) in [6, 6.07) is 0. The van der Waals surface area contributed by atoms with Crippen LogP contribution in [-0.2, 0) is 0 Å². The molecule has 0 saturated carbocycles. The third-order valence-corrected chi connectivity index (χ3v) is 0.500. The molecule has 0 aliphatic rings. The Bertz CT molecular complexity index is 21.8. The second kappa shape index (κ2) is 87.6. The maximum Gasteiger partial charge on any atom is -0.00848 e. The van der Waals surface area contributed by atoms with Gasteiger partial charge in [0.1, 0.15) is 0 Å². The Labute approximate surface area is 109 Å². The summed E-state index contributed by atoms with van der Waals surface area (Å²) in [5, 5.41) is 0. The Hall–Kier alpha value is 0.480. The fourth-order valence-corrected chi connectivity index (χ4v) is 0. The third-order valence-electron chi connectivity index (χ3n) is 0.500. The molecule has 0 N–H and O–H groups in total. The zero-order valence-corrected chi connectivity index (χ0v) is 14.5. The van der Waals surface area contributed by atoms with E-state index in [4.69, 9.17) is 0 Å². The van der Waals surface area contributed by atoms with E-state index in [0.29, 0.717) is 0 Å². The zero-order valence-electron chi connectivity index (χ0n) is 12.9. The number of unbranched alkanes of at least 4 members (excludes halogenated alkanes) is 1. The molecule has 100 valence electrons. The Kier molecular flexibility index (Phi) is 173. The van der Waals surface area contributed by atoms with Crippen molar-refractivity contribution >= 4 is 15.9 Å². The van der Waals surface area contributed by atoms with Crippen molar-refractivity contribution in [3.63, 3.8) is 0 Å². The van der Waals surface area contributed by atoms with Gasteiger partial charge in [-0.2, -0.15) is 0 Å². The minimum atomic E-state index is 1.25. The molecular formula is C14H37Br. The molecule has 0 radical (unpaired) electrons. The first-order chi connectivity index (χ1) is 7.16. The van der Waals surface area contributed by atoms with Crippen molar-refractivity contribution in [3.05, 3.63) is 0 Å². The Morgan fingerprint density at radius 1 is 0.467 bits per heavy atom. The van der Waals surface area contributed by atoms with Crippen LogP contribution >= 0.6 is 15.9 Å². The van der Waals surface area contributed by atoms with Gasteiger partial charge >= 0.3 is 0 Å². The lowest BCUT2D eigenvalue weighted by molar-refractivity contribution is 0.886. The highest BCUT2D eigenvalue weighted by Gasteiger charge is 1.56. The van der Waals surface area contributed by atoms with Crippen LogP contribution in [0.1, 0.15) is 87.5 Å². The fraction of sp³-hybridized carbons (Fsp3) is 1.00. The quantitative estimate of drug-likeness (QED) is 0.452. The molecule has 15 heavy (non-hydrogen) atoms. The van der Waals surface area contributed by atoms with Crippen LogP contribution in [0.4, 0.5) is 0 Å². The monoisotopic (exact) mass is 284 g/mol. The van der Waals surface area contributed by atoms with E-state index in [0.717, 1.165) is 0 Å². The summed E-state index contributed by atoms with van der Waals surface area (Å²) in [7, 11) is 0. The summed E-state index contributed by atoms with van der Waals surface area (Å²) >= 11 is 2.94. The van der Waals surface area contributed by atoms with Crippen molar-refractivity contribution in [3.8, 4) is 0 Å². The molecule has 0 spiro atoms. The van der Waals surface area contributed by atoms with Crippen molar-refractivity contribution in [1.29, 1.82) is 0 Å². The van der Waals surface area contributed by atoms with E-state index in [1.54, 1.807) is 0 Å². The van der Waals surface area contributed by atoms with Crippen LogP contribution < -0.4 is 0 Å². The molecular weight excluding hydrogens is 248 g/mol. The summed E-state index contributed by atoms with van der Waals surface area (Å²) in [5.41, 5.74) is 0. The molecule has 0 saturated heterocycles. The standard InChI is InChI=1S/C4H10.3C3H8.CH3Br/c1-3-4-2;3*1-3-2;1-2/h3-4H2,1-2H3;3*3H2,1-2H3;1H3. The molecule has 0 nitrogen and oxygen atoms in total. The van der Waals surface area contributed by atoms with Crippen molar-refractivity contribution < 1.29 is 0 Å². The lowest BCUT2D eigenvalue weighted by Crippen LogP contribution is -1.47. The van der Waals surface area contributed by atoms with E-state index in [9.17, 15) is 0 Å². The van der Waals surface area contributed by atoms with Gasteiger partial charge in [0.25, 0.3) is 0 Å². The van der Waals surface area contributed by atoms with Crippen LogP contribution in [0.25, 0.3) is 0 Å². The molecule has 0 aromatic carbocycles. The molecule has 0 fully saturated rings. The van der Waals surface area contributed by atoms with Gasteiger partial charge in [0.15, 0.2) is 0 Å². The van der Waals surface area contributed by atoms with Gasteiger partial charge in [0.05, 0.1) is 0 Å². The smallest absolute Gasteiger partial charge is 0.00848 e. The number of alkyl halides is 1. The maximum atomic E-state index is 2.94. The van der Waals surface area contributed by atoms with Crippen LogP contribution in [0.3, 0.4) is 0 Å². The molecule has 0 bridgehead atoms. The molecule has 0 aliphatic carbocycles. The SMILES string of the molecule is CBr.CCC.CCC.CCC.CCCC. The van der Waals surface area contributed by atoms with Crippen LogP contribution in [0.5, 0.6) is 0 Å². The van der Waals surface area contributed by atoms with Crippen LogP contribution in [0.15, 0.2) is 0 Å². The first-order valence-electron chi connectivity index (χ1n) is 6.53. The van der Waals surface area contributed by atoms with Gasteiger partial charge in [-0.05, 0) is 5.83 Å². The molecule has 1 heteroatoms. The largest absolute Gasteiger partial charge is 0.0966 e. The number of hydrogen-bond donors (Lipinski definition) is 0. The molecule has 0 aromatic rings. The molecule has 0 atom stereocenters. The summed E-state index contributed by atoms with van der Waals surface area (Å²) in [5.74, 6) is 1.81. The third kappa shape index (κ3) is 1030. The predicted molar refractivity (Wildman–Crippen MR) is 83.3 cm³/mol. The van der Waals surface area contributed by atoms with Gasteiger partial charge in [0.2, 0.25) is 0 Å². The molecule has 0 amide bonds. The summed E-state index contributed by atoms with van der Waals surface area (Å²) in [4.78, 5) is 0. The Balaban J connectivity index is -0.0000000283.